The third-order valence-electron chi connectivity index (χ3n) is 9.64. The van der Waals surface area contributed by atoms with Crippen LogP contribution in [0.15, 0.2) is 18.0 Å². The number of allylic oxidation sites excluding steroid dienone is 1. The van der Waals surface area contributed by atoms with E-state index in [0.29, 0.717) is 24.2 Å². The van der Waals surface area contributed by atoms with Crippen LogP contribution in [0.5, 0.6) is 0 Å². The van der Waals surface area contributed by atoms with Crippen LogP contribution in [0, 0.1) is 40.9 Å². The smallest absolute Gasteiger partial charge is 0.286 e. The van der Waals surface area contributed by atoms with Crippen LogP contribution in [-0.4, -0.2) is 42.6 Å². The van der Waals surface area contributed by atoms with E-state index in [0.717, 1.165) is 37.7 Å². The lowest BCUT2D eigenvalue weighted by molar-refractivity contribution is -0.130. The molecule has 1 aromatic rings. The molecule has 6 nitrogen and oxygen atoms in total. The third kappa shape index (κ3) is 2.26. The molecule has 5 aliphatic rings. The molecule has 1 aromatic heterocycles. The monoisotopic (exact) mass is 418 g/mol. The van der Waals surface area contributed by atoms with E-state index in [1.165, 1.54) is 11.1 Å². The molecule has 0 aliphatic heterocycles. The van der Waals surface area contributed by atoms with Gasteiger partial charge < -0.3 is 5.11 Å². The van der Waals surface area contributed by atoms with Crippen LogP contribution in [0.1, 0.15) is 51.9 Å². The van der Waals surface area contributed by atoms with E-state index in [1.54, 1.807) is 0 Å². The number of rotatable bonds is 3. The van der Waals surface area contributed by atoms with Crippen molar-refractivity contribution in [2.45, 2.75) is 69.9 Å². The molecule has 0 amide bonds. The normalized spacial score (nSPS) is 48.1. The van der Waals surface area contributed by atoms with Crippen molar-refractivity contribution in [1.82, 2.24) is 20.2 Å². The lowest BCUT2D eigenvalue weighted by Gasteiger charge is -2.53. The molecule has 30 heavy (non-hydrogen) atoms. The maximum Gasteiger partial charge on any atom is 0.286 e. The first kappa shape index (κ1) is 19.0. The number of aliphatic hydroxyl groups is 1. The van der Waals surface area contributed by atoms with E-state index in [2.05, 4.69) is 22.3 Å². The zero-order valence-electron chi connectivity index (χ0n) is 17.2. The second kappa shape index (κ2) is 5.96. The van der Waals surface area contributed by atoms with E-state index in [4.69, 9.17) is 0 Å². The second-order valence-corrected chi connectivity index (χ2v) is 10.6. The molecule has 0 aromatic carbocycles. The Hall–Kier alpha value is -1.70. The fourth-order valence-corrected chi connectivity index (χ4v) is 8.19. The van der Waals surface area contributed by atoms with Gasteiger partial charge in [0, 0.05) is 5.92 Å². The number of nitrogens with zero attached hydrogens (tertiary/aromatic N) is 4. The minimum Gasteiger partial charge on any atom is -0.383 e. The summed E-state index contributed by atoms with van der Waals surface area (Å²) in [6, 6.07) is 0. The highest BCUT2D eigenvalue weighted by molar-refractivity contribution is 5.82. The quantitative estimate of drug-likeness (QED) is 0.763. The van der Waals surface area contributed by atoms with Gasteiger partial charge in [-0.25, -0.2) is 8.78 Å². The predicted octanol–water partition coefficient (Wildman–Crippen LogP) is 3.04. The number of halogens is 2. The highest BCUT2D eigenvalue weighted by Crippen LogP contribution is 2.72. The molecule has 5 aliphatic carbocycles. The van der Waals surface area contributed by atoms with Crippen molar-refractivity contribution in [2.75, 3.05) is 0 Å². The Labute approximate surface area is 174 Å². The summed E-state index contributed by atoms with van der Waals surface area (Å²) in [6.07, 6.45) is 8.95. The molecule has 1 unspecified atom stereocenters. The molecule has 0 saturated heterocycles. The van der Waals surface area contributed by atoms with Crippen molar-refractivity contribution in [3.8, 4) is 0 Å². The van der Waals surface area contributed by atoms with Gasteiger partial charge in [0.15, 0.2) is 12.1 Å². The van der Waals surface area contributed by atoms with Crippen LogP contribution >= 0.6 is 0 Å². The Morgan fingerprint density at radius 2 is 2.07 bits per heavy atom. The molecule has 0 bridgehead atoms. The van der Waals surface area contributed by atoms with Gasteiger partial charge in [0.2, 0.25) is 0 Å². The summed E-state index contributed by atoms with van der Waals surface area (Å²) in [5.74, 6) is -2.22. The molecule has 8 heteroatoms. The number of hydrogen-bond acceptors (Lipinski definition) is 5. The van der Waals surface area contributed by atoms with Gasteiger partial charge >= 0.3 is 0 Å². The number of fused-ring (bicyclic) bond motifs is 7. The molecule has 1 N–H and O–H groups in total. The van der Waals surface area contributed by atoms with Crippen molar-refractivity contribution in [1.29, 1.82) is 0 Å². The summed E-state index contributed by atoms with van der Waals surface area (Å²) in [6.45, 7) is 2.44. The van der Waals surface area contributed by atoms with Gasteiger partial charge in [0.1, 0.15) is 12.1 Å². The summed E-state index contributed by atoms with van der Waals surface area (Å²) < 4.78 is 28.6. The van der Waals surface area contributed by atoms with E-state index >= 15 is 0 Å². The van der Waals surface area contributed by atoms with Crippen LogP contribution in [0.4, 0.5) is 8.78 Å². The summed E-state index contributed by atoms with van der Waals surface area (Å²) in [4.78, 5) is 14.4. The Kier molecular flexibility index (Phi) is 3.78. The van der Waals surface area contributed by atoms with Crippen molar-refractivity contribution in [2.24, 2.45) is 40.9 Å². The minimum atomic E-state index is -2.95. The number of carbonyl (C=O) groups excluding carboxylic acids is 1. The highest BCUT2D eigenvalue weighted by atomic mass is 19.3. The average molecular weight is 418 g/mol. The first-order valence-electron chi connectivity index (χ1n) is 11.3. The van der Waals surface area contributed by atoms with Gasteiger partial charge in [-0.05, 0) is 79.2 Å². The van der Waals surface area contributed by atoms with Crippen LogP contribution < -0.4 is 0 Å². The molecular weight excluding hydrogens is 390 g/mol. The van der Waals surface area contributed by atoms with Gasteiger partial charge in [-0.1, -0.05) is 18.6 Å². The van der Waals surface area contributed by atoms with Crippen molar-refractivity contribution in [3.63, 3.8) is 0 Å². The lowest BCUT2D eigenvalue weighted by atomic mass is 9.51. The number of tetrazole rings is 1. The van der Waals surface area contributed by atoms with Gasteiger partial charge in [0.25, 0.3) is 5.92 Å². The molecule has 0 radical (unpaired) electrons. The number of Topliss-reactive ketones (excluding diaryl/α,β-unsaturated/α-hetero) is 1. The molecule has 0 spiro atoms. The first-order valence-corrected chi connectivity index (χ1v) is 11.3. The summed E-state index contributed by atoms with van der Waals surface area (Å²) >= 11 is 0. The fourth-order valence-electron chi connectivity index (χ4n) is 8.19. The summed E-state index contributed by atoms with van der Waals surface area (Å²) in [7, 11) is 0. The van der Waals surface area contributed by atoms with Crippen LogP contribution in [-0.2, 0) is 11.3 Å². The Morgan fingerprint density at radius 1 is 1.23 bits per heavy atom. The Balaban J connectivity index is 1.24. The first-order chi connectivity index (χ1) is 14.3. The summed E-state index contributed by atoms with van der Waals surface area (Å²) in [5, 5.41) is 21.9. The standard InChI is InChI=1S/C22H28F2N4O2/c1-20-8-6-12-13-7-9-21(30)19(22(21,23)24)15(13)3-2-14(12)16(20)4-5-17(20)18(29)10-28-26-11-25-27-28/h3,11-14,16-17,19,30H,2,4-10H2,1H3/t12-,13-,14-,16+,17-,19?,20+,21-/m1/s1. The maximum atomic E-state index is 14.3. The predicted molar refractivity (Wildman–Crippen MR) is 102 cm³/mol. The van der Waals surface area contributed by atoms with Crippen LogP contribution in [0.3, 0.4) is 0 Å². The SMILES string of the molecule is C[C@]12CC[C@H]3[C@@H](CC=C4C5C(F)(F)[C@@]5(O)CC[C@@H]43)[C@@H]1CC[C@@H]2C(=O)Cn1ncnn1. The number of carbonyl (C=O) groups is 1. The van der Waals surface area contributed by atoms with Gasteiger partial charge in [-0.3, -0.25) is 4.79 Å². The van der Waals surface area contributed by atoms with Gasteiger partial charge in [-0.15, -0.1) is 10.2 Å². The molecule has 8 atom stereocenters. The van der Waals surface area contributed by atoms with E-state index in [1.807, 2.05) is 6.08 Å². The fraction of sp³-hybridized carbons (Fsp3) is 0.818. The molecular formula is C22H28F2N4O2. The van der Waals surface area contributed by atoms with Crippen molar-refractivity contribution >= 4 is 5.78 Å². The Bertz CT molecular complexity index is 918. The zero-order valence-corrected chi connectivity index (χ0v) is 17.2. The molecule has 162 valence electrons. The van der Waals surface area contributed by atoms with Crippen molar-refractivity contribution in [3.05, 3.63) is 18.0 Å². The average Bonchev–Trinajstić information content (AvgIpc) is 3.13. The van der Waals surface area contributed by atoms with Gasteiger partial charge in [-0.2, -0.15) is 4.80 Å². The van der Waals surface area contributed by atoms with Crippen molar-refractivity contribution < 1.29 is 18.7 Å². The van der Waals surface area contributed by atoms with E-state index < -0.39 is 17.4 Å². The molecule has 6 rings (SSSR count). The van der Waals surface area contributed by atoms with E-state index in [9.17, 15) is 18.7 Å². The highest BCUT2D eigenvalue weighted by Gasteiger charge is 2.83. The van der Waals surface area contributed by atoms with Crippen LogP contribution in [0.2, 0.25) is 0 Å². The second-order valence-electron chi connectivity index (χ2n) is 10.6. The van der Waals surface area contributed by atoms with Crippen LogP contribution in [0.25, 0.3) is 0 Å². The third-order valence-corrected chi connectivity index (χ3v) is 9.64. The number of ketones is 1. The molecule has 1 heterocycles. The maximum absolute atomic E-state index is 14.3. The zero-order chi connectivity index (χ0) is 20.9. The summed E-state index contributed by atoms with van der Waals surface area (Å²) in [5.41, 5.74) is -0.990. The minimum absolute atomic E-state index is 0.00374. The lowest BCUT2D eigenvalue weighted by Crippen LogP contribution is -2.47. The molecule has 4 saturated carbocycles. The number of aromatic nitrogens is 4. The number of hydrogen-bond donors (Lipinski definition) is 1. The van der Waals surface area contributed by atoms with E-state index in [-0.39, 0.29) is 36.0 Å². The number of alkyl halides is 2. The van der Waals surface area contributed by atoms with Gasteiger partial charge in [0.05, 0.1) is 5.92 Å². The molecule has 4 fully saturated rings. The topological polar surface area (TPSA) is 80.9 Å². The largest absolute Gasteiger partial charge is 0.383 e. The Morgan fingerprint density at radius 3 is 2.83 bits per heavy atom.